The number of benzene rings is 1. The summed E-state index contributed by atoms with van der Waals surface area (Å²) < 4.78 is 1.92. The van der Waals surface area contributed by atoms with E-state index in [0.717, 1.165) is 24.8 Å². The average Bonchev–Trinajstić information content (AvgIpc) is 2.98. The highest BCUT2D eigenvalue weighted by atomic mass is 16.3. The van der Waals surface area contributed by atoms with Crippen molar-refractivity contribution in [2.45, 2.75) is 31.4 Å². The van der Waals surface area contributed by atoms with E-state index in [4.69, 9.17) is 0 Å². The van der Waals surface area contributed by atoms with Crippen LogP contribution in [0.5, 0.6) is 0 Å². The number of aliphatic hydroxyl groups excluding tert-OH is 1. The summed E-state index contributed by atoms with van der Waals surface area (Å²) in [4.78, 5) is 0. The molecule has 0 aliphatic heterocycles. The van der Waals surface area contributed by atoms with E-state index >= 15 is 0 Å². The van der Waals surface area contributed by atoms with E-state index in [2.05, 4.69) is 17.2 Å². The maximum atomic E-state index is 9.86. The predicted molar refractivity (Wildman–Crippen MR) is 66.6 cm³/mol. The van der Waals surface area contributed by atoms with Crippen LogP contribution in [0.15, 0.2) is 42.7 Å². The molecule has 1 saturated carbocycles. The van der Waals surface area contributed by atoms with E-state index in [0.29, 0.717) is 0 Å². The van der Waals surface area contributed by atoms with Crippen LogP contribution in [0.1, 0.15) is 25.3 Å². The molecule has 1 aromatic carbocycles. The van der Waals surface area contributed by atoms with Gasteiger partial charge in [0.15, 0.2) is 0 Å². The second-order valence-corrected chi connectivity index (χ2v) is 4.64. The lowest BCUT2D eigenvalue weighted by atomic mass is 10.1. The molecule has 1 aliphatic carbocycles. The fraction of sp³-hybridized carbons (Fsp3) is 0.357. The summed E-state index contributed by atoms with van der Waals surface area (Å²) in [5.41, 5.74) is 2.29. The number of hydrogen-bond donors (Lipinski definition) is 1. The van der Waals surface area contributed by atoms with Crippen LogP contribution in [0.4, 0.5) is 0 Å². The molecule has 2 aromatic rings. The fourth-order valence-corrected chi connectivity index (χ4v) is 2.53. The zero-order valence-electron chi connectivity index (χ0n) is 9.66. The molecule has 3 heteroatoms. The molecule has 2 atom stereocenters. The number of hydrogen-bond acceptors (Lipinski definition) is 2. The van der Waals surface area contributed by atoms with Gasteiger partial charge < -0.3 is 5.11 Å². The zero-order chi connectivity index (χ0) is 11.7. The summed E-state index contributed by atoms with van der Waals surface area (Å²) in [6.07, 6.45) is 6.68. The second-order valence-electron chi connectivity index (χ2n) is 4.64. The Labute approximate surface area is 101 Å². The molecule has 1 N–H and O–H groups in total. The summed E-state index contributed by atoms with van der Waals surface area (Å²) in [6.45, 7) is 0. The first-order valence-corrected chi connectivity index (χ1v) is 6.12. The Morgan fingerprint density at radius 3 is 2.65 bits per heavy atom. The van der Waals surface area contributed by atoms with E-state index in [1.807, 2.05) is 35.3 Å². The van der Waals surface area contributed by atoms with Gasteiger partial charge in [-0.25, -0.2) is 0 Å². The predicted octanol–water partition coefficient (Wildman–Crippen LogP) is 2.64. The van der Waals surface area contributed by atoms with E-state index in [-0.39, 0.29) is 12.1 Å². The lowest BCUT2D eigenvalue weighted by molar-refractivity contribution is 0.130. The first kappa shape index (κ1) is 10.5. The maximum absolute atomic E-state index is 9.86. The van der Waals surface area contributed by atoms with Crippen molar-refractivity contribution in [3.8, 4) is 11.1 Å². The summed E-state index contributed by atoms with van der Waals surface area (Å²) in [5, 5.41) is 14.2. The highest BCUT2D eigenvalue weighted by Gasteiger charge is 2.27. The highest BCUT2D eigenvalue weighted by molar-refractivity contribution is 5.61. The van der Waals surface area contributed by atoms with E-state index < -0.39 is 0 Å². The number of nitrogens with zero attached hydrogens (tertiary/aromatic N) is 2. The lowest BCUT2D eigenvalue weighted by Crippen LogP contribution is -2.18. The number of aromatic nitrogens is 2. The molecule has 1 aliphatic rings. The maximum Gasteiger partial charge on any atom is 0.0778 e. The minimum atomic E-state index is -0.237. The Balaban J connectivity index is 1.88. The minimum Gasteiger partial charge on any atom is -0.391 e. The van der Waals surface area contributed by atoms with Gasteiger partial charge in [0.05, 0.1) is 18.3 Å². The molecule has 0 radical (unpaired) electrons. The van der Waals surface area contributed by atoms with Gasteiger partial charge in [0.25, 0.3) is 0 Å². The molecule has 1 aromatic heterocycles. The normalized spacial score (nSPS) is 24.1. The third kappa shape index (κ3) is 1.98. The summed E-state index contributed by atoms with van der Waals surface area (Å²) in [6, 6.07) is 10.4. The van der Waals surface area contributed by atoms with Gasteiger partial charge in [-0.3, -0.25) is 4.68 Å². The third-order valence-electron chi connectivity index (χ3n) is 3.49. The van der Waals surface area contributed by atoms with E-state index in [1.165, 1.54) is 5.56 Å². The van der Waals surface area contributed by atoms with Crippen molar-refractivity contribution >= 4 is 0 Å². The molecule has 1 heterocycles. The van der Waals surface area contributed by atoms with Crippen molar-refractivity contribution in [2.24, 2.45) is 0 Å². The fourth-order valence-electron chi connectivity index (χ4n) is 2.53. The van der Waals surface area contributed by atoms with Crippen LogP contribution in [0.2, 0.25) is 0 Å². The second kappa shape index (κ2) is 4.34. The highest BCUT2D eigenvalue weighted by Crippen LogP contribution is 2.30. The third-order valence-corrected chi connectivity index (χ3v) is 3.49. The van der Waals surface area contributed by atoms with Crippen molar-refractivity contribution in [3.05, 3.63) is 42.7 Å². The molecule has 1 fully saturated rings. The molecule has 3 nitrogen and oxygen atoms in total. The van der Waals surface area contributed by atoms with Crippen LogP contribution < -0.4 is 0 Å². The van der Waals surface area contributed by atoms with Crippen LogP contribution in [0.25, 0.3) is 11.1 Å². The van der Waals surface area contributed by atoms with Gasteiger partial charge in [0, 0.05) is 11.8 Å². The molecule has 0 amide bonds. The lowest BCUT2D eigenvalue weighted by Gasteiger charge is -2.14. The SMILES string of the molecule is OC1CCCC1n1cc(-c2ccccc2)cn1. The van der Waals surface area contributed by atoms with E-state index in [9.17, 15) is 5.11 Å². The topological polar surface area (TPSA) is 38.0 Å². The monoisotopic (exact) mass is 228 g/mol. The Bertz CT molecular complexity index is 492. The molecule has 0 spiro atoms. The van der Waals surface area contributed by atoms with E-state index in [1.54, 1.807) is 0 Å². The van der Waals surface area contributed by atoms with Crippen LogP contribution in [-0.4, -0.2) is 21.0 Å². The molecule has 2 unspecified atom stereocenters. The van der Waals surface area contributed by atoms with Crippen molar-refractivity contribution in [1.82, 2.24) is 9.78 Å². The summed E-state index contributed by atoms with van der Waals surface area (Å²) in [5.74, 6) is 0. The van der Waals surface area contributed by atoms with Gasteiger partial charge in [-0.1, -0.05) is 30.3 Å². The molecule has 3 rings (SSSR count). The standard InChI is InChI=1S/C14H16N2O/c17-14-8-4-7-13(14)16-10-12(9-15-16)11-5-2-1-3-6-11/h1-3,5-6,9-10,13-14,17H,4,7-8H2. The van der Waals surface area contributed by atoms with Gasteiger partial charge in [0.1, 0.15) is 0 Å². The Kier molecular flexibility index (Phi) is 2.69. The number of rotatable bonds is 2. The molecule has 0 saturated heterocycles. The quantitative estimate of drug-likeness (QED) is 0.858. The van der Waals surface area contributed by atoms with Crippen molar-refractivity contribution < 1.29 is 5.11 Å². The van der Waals surface area contributed by atoms with Gasteiger partial charge in [-0.15, -0.1) is 0 Å². The van der Waals surface area contributed by atoms with Gasteiger partial charge in [-0.2, -0.15) is 5.10 Å². The zero-order valence-corrected chi connectivity index (χ0v) is 9.66. The molecule has 88 valence electrons. The van der Waals surface area contributed by atoms with Gasteiger partial charge >= 0.3 is 0 Å². The van der Waals surface area contributed by atoms with Crippen molar-refractivity contribution in [1.29, 1.82) is 0 Å². The first-order valence-electron chi connectivity index (χ1n) is 6.12. The number of aliphatic hydroxyl groups is 1. The smallest absolute Gasteiger partial charge is 0.0778 e. The molecular weight excluding hydrogens is 212 g/mol. The molecule has 17 heavy (non-hydrogen) atoms. The Morgan fingerprint density at radius 1 is 1.12 bits per heavy atom. The van der Waals surface area contributed by atoms with Crippen LogP contribution in [-0.2, 0) is 0 Å². The summed E-state index contributed by atoms with van der Waals surface area (Å²) >= 11 is 0. The summed E-state index contributed by atoms with van der Waals surface area (Å²) in [7, 11) is 0. The Hall–Kier alpha value is -1.61. The van der Waals surface area contributed by atoms with Gasteiger partial charge in [-0.05, 0) is 24.8 Å². The van der Waals surface area contributed by atoms with Crippen LogP contribution in [0, 0.1) is 0 Å². The molecule has 0 bridgehead atoms. The van der Waals surface area contributed by atoms with Gasteiger partial charge in [0.2, 0.25) is 0 Å². The first-order chi connectivity index (χ1) is 8.34. The Morgan fingerprint density at radius 2 is 1.94 bits per heavy atom. The molecular formula is C14H16N2O. The van der Waals surface area contributed by atoms with Crippen molar-refractivity contribution in [2.75, 3.05) is 0 Å². The van der Waals surface area contributed by atoms with Crippen LogP contribution in [0.3, 0.4) is 0 Å². The average molecular weight is 228 g/mol. The minimum absolute atomic E-state index is 0.160. The van der Waals surface area contributed by atoms with Crippen molar-refractivity contribution in [3.63, 3.8) is 0 Å². The van der Waals surface area contributed by atoms with Crippen LogP contribution >= 0.6 is 0 Å². The largest absolute Gasteiger partial charge is 0.391 e.